The second kappa shape index (κ2) is 8.32. The summed E-state index contributed by atoms with van der Waals surface area (Å²) in [6, 6.07) is 0. The van der Waals surface area contributed by atoms with Crippen molar-refractivity contribution in [3.05, 3.63) is 11.6 Å². The third-order valence-corrected chi connectivity index (χ3v) is 11.6. The Labute approximate surface area is 201 Å². The van der Waals surface area contributed by atoms with E-state index in [9.17, 15) is 15.3 Å². The summed E-state index contributed by atoms with van der Waals surface area (Å²) in [7, 11) is 0. The zero-order valence-corrected chi connectivity index (χ0v) is 21.6. The fourth-order valence-corrected chi connectivity index (χ4v) is 9.68. The van der Waals surface area contributed by atoms with Crippen molar-refractivity contribution in [1.29, 1.82) is 0 Å². The van der Waals surface area contributed by atoms with Crippen molar-refractivity contribution in [3.8, 4) is 0 Å². The average molecular weight is 461 g/mol. The third-order valence-electron chi connectivity index (χ3n) is 11.6. The highest BCUT2D eigenvalue weighted by atomic mass is 16.6. The molecule has 4 heteroatoms. The van der Waals surface area contributed by atoms with Crippen molar-refractivity contribution >= 4 is 0 Å². The van der Waals surface area contributed by atoms with Crippen molar-refractivity contribution in [3.63, 3.8) is 0 Å². The van der Waals surface area contributed by atoms with Gasteiger partial charge in [-0.3, -0.25) is 0 Å². The first kappa shape index (κ1) is 24.3. The summed E-state index contributed by atoms with van der Waals surface area (Å²) < 4.78 is 5.65. The minimum atomic E-state index is -1.11. The standard InChI is InChI=1S/C29H48O4/c1-17-14-19-7-9-21-23-11-10-22(18(2)6-8-20-16-28(4,32)26(31)33-20)27(23,3)13-12-24(21)29(19,5)25(30)15-17/h7,17-18,20-26,30-32H,6,8-16H2,1-5H3/t17-,18?,20-,21?,22?,23?,24?,25+,26?,27?,28-,29?/m1/s1. The van der Waals surface area contributed by atoms with E-state index in [4.69, 9.17) is 4.74 Å². The first-order chi connectivity index (χ1) is 15.5. The Kier molecular flexibility index (Phi) is 6.12. The van der Waals surface area contributed by atoms with Gasteiger partial charge in [0.25, 0.3) is 0 Å². The molecule has 188 valence electrons. The molecule has 1 heterocycles. The normalized spacial score (nSPS) is 54.8. The summed E-state index contributed by atoms with van der Waals surface area (Å²) >= 11 is 0. The molecule has 4 nitrogen and oxygen atoms in total. The molecule has 5 aliphatic rings. The van der Waals surface area contributed by atoms with Gasteiger partial charge >= 0.3 is 0 Å². The van der Waals surface area contributed by atoms with Crippen LogP contribution >= 0.6 is 0 Å². The molecule has 1 saturated heterocycles. The highest BCUT2D eigenvalue weighted by Gasteiger charge is 2.60. The Balaban J connectivity index is 1.28. The summed E-state index contributed by atoms with van der Waals surface area (Å²) in [4.78, 5) is 0. The van der Waals surface area contributed by atoms with E-state index in [1.54, 1.807) is 12.5 Å². The molecule has 8 unspecified atom stereocenters. The number of rotatable bonds is 4. The molecule has 0 bridgehead atoms. The van der Waals surface area contributed by atoms with Crippen molar-refractivity contribution in [2.24, 2.45) is 46.3 Å². The van der Waals surface area contributed by atoms with Gasteiger partial charge in [0.05, 0.1) is 12.2 Å². The van der Waals surface area contributed by atoms with Gasteiger partial charge in [-0.25, -0.2) is 0 Å². The number of allylic oxidation sites excluding steroid dienone is 1. The molecule has 0 radical (unpaired) electrons. The molecule has 3 N–H and O–H groups in total. The highest BCUT2D eigenvalue weighted by molar-refractivity contribution is 5.27. The Bertz CT molecular complexity index is 776. The fraction of sp³-hybridized carbons (Fsp3) is 0.931. The van der Waals surface area contributed by atoms with Crippen LogP contribution in [0, 0.1) is 46.3 Å². The summed E-state index contributed by atoms with van der Waals surface area (Å²) in [6.45, 7) is 11.4. The lowest BCUT2D eigenvalue weighted by molar-refractivity contribution is -0.162. The van der Waals surface area contributed by atoms with Crippen LogP contribution in [-0.4, -0.2) is 39.4 Å². The van der Waals surface area contributed by atoms with Crippen LogP contribution < -0.4 is 0 Å². The lowest BCUT2D eigenvalue weighted by atomic mass is 9.46. The number of ether oxygens (including phenoxy) is 1. The second-order valence-corrected chi connectivity index (χ2v) is 13.6. The van der Waals surface area contributed by atoms with E-state index < -0.39 is 11.9 Å². The largest absolute Gasteiger partial charge is 0.392 e. The van der Waals surface area contributed by atoms with Crippen LogP contribution in [0.3, 0.4) is 0 Å². The summed E-state index contributed by atoms with van der Waals surface area (Å²) in [5, 5.41) is 31.5. The van der Waals surface area contributed by atoms with E-state index in [0.717, 1.165) is 37.0 Å². The molecule has 4 fully saturated rings. The molecule has 0 amide bonds. The van der Waals surface area contributed by atoms with Gasteiger partial charge in [0, 0.05) is 11.8 Å². The molecule has 0 aromatic rings. The average Bonchev–Trinajstić information content (AvgIpc) is 3.22. The monoisotopic (exact) mass is 460 g/mol. The minimum Gasteiger partial charge on any atom is -0.392 e. The molecule has 12 atom stereocenters. The Hall–Kier alpha value is -0.420. The van der Waals surface area contributed by atoms with Crippen molar-refractivity contribution in [2.75, 3.05) is 0 Å². The predicted octanol–water partition coefficient (Wildman–Crippen LogP) is 5.45. The highest BCUT2D eigenvalue weighted by Crippen LogP contribution is 2.67. The summed E-state index contributed by atoms with van der Waals surface area (Å²) in [5.74, 6) is 4.12. The van der Waals surface area contributed by atoms with Crippen molar-refractivity contribution in [2.45, 2.75) is 123 Å². The fourth-order valence-electron chi connectivity index (χ4n) is 9.68. The first-order valence-corrected chi connectivity index (χ1v) is 13.9. The molecular weight excluding hydrogens is 412 g/mol. The molecule has 33 heavy (non-hydrogen) atoms. The maximum absolute atomic E-state index is 11.3. The zero-order valence-electron chi connectivity index (χ0n) is 21.6. The van der Waals surface area contributed by atoms with Crippen LogP contribution in [0.25, 0.3) is 0 Å². The van der Waals surface area contributed by atoms with Gasteiger partial charge < -0.3 is 20.1 Å². The lowest BCUT2D eigenvalue weighted by Gasteiger charge is -2.59. The smallest absolute Gasteiger partial charge is 0.183 e. The van der Waals surface area contributed by atoms with E-state index in [0.29, 0.717) is 29.6 Å². The lowest BCUT2D eigenvalue weighted by Crippen LogP contribution is -2.55. The molecule has 0 aromatic carbocycles. The van der Waals surface area contributed by atoms with Crippen LogP contribution in [0.1, 0.15) is 98.8 Å². The van der Waals surface area contributed by atoms with Gasteiger partial charge in [-0.05, 0) is 106 Å². The number of aliphatic hydroxyl groups excluding tert-OH is 2. The van der Waals surface area contributed by atoms with E-state index in [2.05, 4.69) is 33.8 Å². The van der Waals surface area contributed by atoms with Gasteiger partial charge in [0.2, 0.25) is 0 Å². The van der Waals surface area contributed by atoms with Crippen LogP contribution in [0.5, 0.6) is 0 Å². The molecule has 0 aromatic heterocycles. The molecule has 3 saturated carbocycles. The van der Waals surface area contributed by atoms with Crippen LogP contribution in [-0.2, 0) is 4.74 Å². The van der Waals surface area contributed by atoms with E-state index in [1.807, 2.05) is 0 Å². The van der Waals surface area contributed by atoms with Gasteiger partial charge in [-0.2, -0.15) is 0 Å². The Morgan fingerprint density at radius 1 is 1.12 bits per heavy atom. The van der Waals surface area contributed by atoms with E-state index in [1.165, 1.54) is 38.5 Å². The maximum atomic E-state index is 11.3. The Morgan fingerprint density at radius 3 is 2.58 bits per heavy atom. The van der Waals surface area contributed by atoms with Gasteiger partial charge in [0.15, 0.2) is 6.29 Å². The molecule has 4 aliphatic carbocycles. The predicted molar refractivity (Wildman–Crippen MR) is 130 cm³/mol. The van der Waals surface area contributed by atoms with Crippen LogP contribution in [0.15, 0.2) is 11.6 Å². The molecule has 1 aliphatic heterocycles. The molecule has 0 spiro atoms. The quantitative estimate of drug-likeness (QED) is 0.488. The van der Waals surface area contributed by atoms with Crippen LogP contribution in [0.2, 0.25) is 0 Å². The Morgan fingerprint density at radius 2 is 1.88 bits per heavy atom. The number of aliphatic hydroxyl groups is 3. The minimum absolute atomic E-state index is 0.00193. The third kappa shape index (κ3) is 3.77. The van der Waals surface area contributed by atoms with Gasteiger partial charge in [-0.15, -0.1) is 0 Å². The maximum Gasteiger partial charge on any atom is 0.183 e. The zero-order chi connectivity index (χ0) is 23.8. The number of fused-ring (bicyclic) bond motifs is 5. The van der Waals surface area contributed by atoms with Gasteiger partial charge in [-0.1, -0.05) is 39.3 Å². The van der Waals surface area contributed by atoms with Crippen molar-refractivity contribution in [1.82, 2.24) is 0 Å². The van der Waals surface area contributed by atoms with Crippen molar-refractivity contribution < 1.29 is 20.1 Å². The number of hydrogen-bond acceptors (Lipinski definition) is 4. The molecule has 5 rings (SSSR count). The first-order valence-electron chi connectivity index (χ1n) is 13.9. The van der Waals surface area contributed by atoms with Crippen LogP contribution in [0.4, 0.5) is 0 Å². The summed E-state index contributed by atoms with van der Waals surface area (Å²) in [6.07, 6.45) is 12.4. The molecular formula is C29H48O4. The summed E-state index contributed by atoms with van der Waals surface area (Å²) in [5.41, 5.74) is 0.854. The topological polar surface area (TPSA) is 69.9 Å². The number of hydrogen-bond donors (Lipinski definition) is 3. The van der Waals surface area contributed by atoms with Gasteiger partial charge in [0.1, 0.15) is 5.60 Å². The SMILES string of the molecule is CC(CC[C@@H]1C[C@@](C)(O)C(O)O1)C1CCC2C3CC=C4C[C@@H](C)C[C@H](O)C4(C)C3CCC12C. The van der Waals surface area contributed by atoms with E-state index in [-0.39, 0.29) is 17.6 Å². The van der Waals surface area contributed by atoms with E-state index >= 15 is 0 Å². The second-order valence-electron chi connectivity index (χ2n) is 13.6.